The number of carbonyl (C=O) groups excluding carboxylic acids is 2. The molecule has 0 aliphatic carbocycles. The molecule has 0 saturated heterocycles. The molecular formula is C13H19N3O2. The Hall–Kier alpha value is -1.88. The topological polar surface area (TPSA) is 98.2 Å². The molecule has 18 heavy (non-hydrogen) atoms. The lowest BCUT2D eigenvalue weighted by atomic mass is 10.0. The standard InChI is InChI=1S/C13H19N3O2/c1-8(2)12(15)13(18)16-10-6-4-3-5-9(10)7-11(14)17/h3-6,8,12H,7,15H2,1-2H3,(H2,14,17)(H,16,18)/t12-/m0/s1. The number of carbonyl (C=O) groups is 2. The first-order chi connectivity index (χ1) is 8.41. The molecule has 1 aromatic carbocycles. The molecule has 5 N–H and O–H groups in total. The molecule has 0 aromatic heterocycles. The van der Waals surface area contributed by atoms with Gasteiger partial charge in [0.15, 0.2) is 0 Å². The van der Waals surface area contributed by atoms with Crippen LogP contribution in [0, 0.1) is 5.92 Å². The van der Waals surface area contributed by atoms with Gasteiger partial charge >= 0.3 is 0 Å². The van der Waals surface area contributed by atoms with Gasteiger partial charge in [-0.15, -0.1) is 0 Å². The van der Waals surface area contributed by atoms with Gasteiger partial charge in [0.05, 0.1) is 12.5 Å². The highest BCUT2D eigenvalue weighted by molar-refractivity contribution is 5.96. The van der Waals surface area contributed by atoms with Gasteiger partial charge in [0.2, 0.25) is 11.8 Å². The van der Waals surface area contributed by atoms with E-state index in [4.69, 9.17) is 11.5 Å². The summed E-state index contributed by atoms with van der Waals surface area (Å²) < 4.78 is 0. The minimum absolute atomic E-state index is 0.0494. The summed E-state index contributed by atoms with van der Waals surface area (Å²) in [6, 6.07) is 6.47. The molecule has 0 radical (unpaired) electrons. The van der Waals surface area contributed by atoms with Crippen LogP contribution in [0.15, 0.2) is 24.3 Å². The molecule has 2 amide bonds. The van der Waals surface area contributed by atoms with Gasteiger partial charge in [0.1, 0.15) is 0 Å². The van der Waals surface area contributed by atoms with Gasteiger partial charge in [-0.25, -0.2) is 0 Å². The highest BCUT2D eigenvalue weighted by atomic mass is 16.2. The fourth-order valence-electron chi connectivity index (χ4n) is 1.50. The highest BCUT2D eigenvalue weighted by Gasteiger charge is 2.18. The lowest BCUT2D eigenvalue weighted by molar-refractivity contribution is -0.118. The summed E-state index contributed by atoms with van der Waals surface area (Å²) in [6.07, 6.45) is 0.0906. The number of primary amides is 1. The average molecular weight is 249 g/mol. The van der Waals surface area contributed by atoms with E-state index in [9.17, 15) is 9.59 Å². The summed E-state index contributed by atoms with van der Waals surface area (Å²) in [5, 5.41) is 2.73. The van der Waals surface area contributed by atoms with Crippen molar-refractivity contribution in [1.29, 1.82) is 0 Å². The molecule has 98 valence electrons. The molecular weight excluding hydrogens is 230 g/mol. The zero-order chi connectivity index (χ0) is 13.7. The number of benzene rings is 1. The molecule has 1 rings (SSSR count). The summed E-state index contributed by atoms with van der Waals surface area (Å²) in [6.45, 7) is 3.75. The Balaban J connectivity index is 2.84. The Morgan fingerprint density at radius 1 is 1.28 bits per heavy atom. The van der Waals surface area contributed by atoms with E-state index < -0.39 is 11.9 Å². The van der Waals surface area contributed by atoms with Crippen LogP contribution in [0.25, 0.3) is 0 Å². The van der Waals surface area contributed by atoms with Crippen molar-refractivity contribution in [3.63, 3.8) is 0 Å². The van der Waals surface area contributed by atoms with Gasteiger partial charge in [0, 0.05) is 5.69 Å². The first-order valence-corrected chi connectivity index (χ1v) is 5.84. The summed E-state index contributed by atoms with van der Waals surface area (Å²) in [5.41, 5.74) is 12.2. The van der Waals surface area contributed by atoms with Crippen molar-refractivity contribution in [2.75, 3.05) is 5.32 Å². The number of rotatable bonds is 5. The highest BCUT2D eigenvalue weighted by Crippen LogP contribution is 2.16. The Morgan fingerprint density at radius 3 is 2.44 bits per heavy atom. The van der Waals surface area contributed by atoms with E-state index in [0.29, 0.717) is 11.3 Å². The van der Waals surface area contributed by atoms with E-state index in [2.05, 4.69) is 5.32 Å². The van der Waals surface area contributed by atoms with Gasteiger partial charge in [-0.05, 0) is 17.5 Å². The summed E-state index contributed by atoms with van der Waals surface area (Å²) in [4.78, 5) is 22.8. The molecule has 0 unspecified atom stereocenters. The number of nitrogens with one attached hydrogen (secondary N) is 1. The third kappa shape index (κ3) is 3.85. The van der Waals surface area contributed by atoms with Gasteiger partial charge in [0.25, 0.3) is 0 Å². The first kappa shape index (κ1) is 14.2. The van der Waals surface area contributed by atoms with Crippen LogP contribution in [0.3, 0.4) is 0 Å². The molecule has 1 aromatic rings. The lowest BCUT2D eigenvalue weighted by Crippen LogP contribution is -2.40. The van der Waals surface area contributed by atoms with Crippen molar-refractivity contribution in [3.8, 4) is 0 Å². The number of anilines is 1. The smallest absolute Gasteiger partial charge is 0.241 e. The molecule has 0 bridgehead atoms. The van der Waals surface area contributed by atoms with Crippen LogP contribution in [0.2, 0.25) is 0 Å². The molecule has 0 heterocycles. The third-order valence-electron chi connectivity index (χ3n) is 2.66. The van der Waals surface area contributed by atoms with Crippen LogP contribution in [0.4, 0.5) is 5.69 Å². The molecule has 5 nitrogen and oxygen atoms in total. The van der Waals surface area contributed by atoms with Crippen molar-refractivity contribution in [1.82, 2.24) is 0 Å². The van der Waals surface area contributed by atoms with Crippen LogP contribution in [-0.4, -0.2) is 17.9 Å². The van der Waals surface area contributed by atoms with Crippen molar-refractivity contribution >= 4 is 17.5 Å². The van der Waals surface area contributed by atoms with E-state index in [1.807, 2.05) is 13.8 Å². The maximum absolute atomic E-state index is 11.8. The van der Waals surface area contributed by atoms with Gasteiger partial charge in [-0.2, -0.15) is 0 Å². The molecule has 0 aliphatic heterocycles. The Bertz CT molecular complexity index is 444. The summed E-state index contributed by atoms with van der Waals surface area (Å²) in [5.74, 6) is -0.653. The average Bonchev–Trinajstić information content (AvgIpc) is 2.29. The third-order valence-corrected chi connectivity index (χ3v) is 2.66. The maximum atomic E-state index is 11.8. The molecule has 0 spiro atoms. The minimum atomic E-state index is -0.577. The fraction of sp³-hybridized carbons (Fsp3) is 0.385. The monoisotopic (exact) mass is 249 g/mol. The molecule has 0 aliphatic rings. The van der Waals surface area contributed by atoms with E-state index in [-0.39, 0.29) is 18.2 Å². The quantitative estimate of drug-likeness (QED) is 0.714. The zero-order valence-corrected chi connectivity index (χ0v) is 10.6. The second-order valence-corrected chi connectivity index (χ2v) is 4.56. The van der Waals surface area contributed by atoms with E-state index in [1.165, 1.54) is 0 Å². The van der Waals surface area contributed by atoms with E-state index in [0.717, 1.165) is 0 Å². The largest absolute Gasteiger partial charge is 0.369 e. The predicted octanol–water partition coefficient (Wildman–Crippen LogP) is 0.636. The van der Waals surface area contributed by atoms with Crippen molar-refractivity contribution in [2.24, 2.45) is 17.4 Å². The Labute approximate surface area is 107 Å². The number of hydrogen-bond donors (Lipinski definition) is 3. The Morgan fingerprint density at radius 2 is 1.89 bits per heavy atom. The van der Waals surface area contributed by atoms with Gasteiger partial charge in [-0.1, -0.05) is 32.0 Å². The van der Waals surface area contributed by atoms with E-state index >= 15 is 0 Å². The second-order valence-electron chi connectivity index (χ2n) is 4.56. The fourth-order valence-corrected chi connectivity index (χ4v) is 1.50. The van der Waals surface area contributed by atoms with Crippen LogP contribution in [-0.2, 0) is 16.0 Å². The predicted molar refractivity (Wildman–Crippen MR) is 70.8 cm³/mol. The lowest BCUT2D eigenvalue weighted by Gasteiger charge is -2.16. The number of hydrogen-bond acceptors (Lipinski definition) is 3. The molecule has 1 atom stereocenters. The van der Waals surface area contributed by atoms with Crippen LogP contribution >= 0.6 is 0 Å². The zero-order valence-electron chi connectivity index (χ0n) is 10.6. The van der Waals surface area contributed by atoms with Crippen LogP contribution < -0.4 is 16.8 Å². The SMILES string of the molecule is CC(C)[C@H](N)C(=O)Nc1ccccc1CC(N)=O. The molecule has 5 heteroatoms. The van der Waals surface area contributed by atoms with Crippen molar-refractivity contribution < 1.29 is 9.59 Å². The number of para-hydroxylation sites is 1. The van der Waals surface area contributed by atoms with E-state index in [1.54, 1.807) is 24.3 Å². The summed E-state index contributed by atoms with van der Waals surface area (Å²) >= 11 is 0. The normalized spacial score (nSPS) is 12.2. The first-order valence-electron chi connectivity index (χ1n) is 5.84. The van der Waals surface area contributed by atoms with Gasteiger partial charge < -0.3 is 16.8 Å². The van der Waals surface area contributed by atoms with Crippen molar-refractivity contribution in [2.45, 2.75) is 26.3 Å². The summed E-state index contributed by atoms with van der Waals surface area (Å²) in [7, 11) is 0. The minimum Gasteiger partial charge on any atom is -0.369 e. The Kier molecular flexibility index (Phi) is 4.85. The van der Waals surface area contributed by atoms with Gasteiger partial charge in [-0.3, -0.25) is 9.59 Å². The number of amides is 2. The molecule has 0 saturated carbocycles. The van der Waals surface area contributed by atoms with Crippen molar-refractivity contribution in [3.05, 3.63) is 29.8 Å². The molecule has 0 fully saturated rings. The maximum Gasteiger partial charge on any atom is 0.241 e. The van der Waals surface area contributed by atoms with Crippen LogP contribution in [0.1, 0.15) is 19.4 Å². The second kappa shape index (κ2) is 6.16. The van der Waals surface area contributed by atoms with Crippen LogP contribution in [0.5, 0.6) is 0 Å². The number of nitrogens with two attached hydrogens (primary N) is 2.